The van der Waals surface area contributed by atoms with Crippen LogP contribution < -0.4 is 34.5 Å². The number of amides is 2. The summed E-state index contributed by atoms with van der Waals surface area (Å²) in [5.41, 5.74) is 4.40. The van der Waals surface area contributed by atoms with Gasteiger partial charge in [0.2, 0.25) is 15.9 Å². The molecule has 0 fully saturated rings. The van der Waals surface area contributed by atoms with E-state index < -0.39 is 21.8 Å². The van der Waals surface area contributed by atoms with Crippen LogP contribution in [0.25, 0.3) is 0 Å². The van der Waals surface area contributed by atoms with Gasteiger partial charge in [0, 0.05) is 19.0 Å². The van der Waals surface area contributed by atoms with Crippen molar-refractivity contribution < 1.29 is 37.0 Å². The lowest BCUT2D eigenvalue weighted by Gasteiger charge is -2.12. The van der Waals surface area contributed by atoms with Crippen LogP contribution >= 0.6 is 0 Å². The first-order valence-corrected chi connectivity index (χ1v) is 11.4. The van der Waals surface area contributed by atoms with Gasteiger partial charge in [-0.15, -0.1) is 0 Å². The van der Waals surface area contributed by atoms with Crippen molar-refractivity contribution in [1.29, 1.82) is 0 Å². The van der Waals surface area contributed by atoms with E-state index in [-0.39, 0.29) is 30.2 Å². The number of hydrazine groups is 1. The molecule has 3 N–H and O–H groups in total. The fourth-order valence-corrected chi connectivity index (χ4v) is 3.64. The van der Waals surface area contributed by atoms with Crippen LogP contribution in [0, 0.1) is 0 Å². The van der Waals surface area contributed by atoms with E-state index in [4.69, 9.17) is 18.9 Å². The highest BCUT2D eigenvalue weighted by atomic mass is 32.2. The highest BCUT2D eigenvalue weighted by Gasteiger charge is 2.17. The first-order valence-electron chi connectivity index (χ1n) is 9.94. The predicted molar refractivity (Wildman–Crippen MR) is 119 cm³/mol. The Kier molecular flexibility index (Phi) is 9.76. The molecule has 0 heterocycles. The van der Waals surface area contributed by atoms with Gasteiger partial charge in [-0.3, -0.25) is 20.4 Å². The molecule has 0 aliphatic carbocycles. The largest absolute Gasteiger partial charge is 0.493 e. The van der Waals surface area contributed by atoms with Gasteiger partial charge in [0.05, 0.1) is 25.7 Å². The van der Waals surface area contributed by atoms with Crippen LogP contribution in [0.5, 0.6) is 23.0 Å². The van der Waals surface area contributed by atoms with Crippen LogP contribution in [0.15, 0.2) is 47.4 Å². The average Bonchev–Trinajstić information content (AvgIpc) is 2.81. The molecular formula is C21H27N3O8S. The molecule has 0 aromatic heterocycles. The zero-order valence-corrected chi connectivity index (χ0v) is 19.4. The van der Waals surface area contributed by atoms with Crippen molar-refractivity contribution in [3.05, 3.63) is 42.5 Å². The first kappa shape index (κ1) is 25.7. The van der Waals surface area contributed by atoms with Crippen molar-refractivity contribution in [2.45, 2.75) is 18.2 Å². The quantitative estimate of drug-likeness (QED) is 0.381. The van der Waals surface area contributed by atoms with Gasteiger partial charge in [-0.05, 0) is 31.2 Å². The molecule has 2 aromatic rings. The molecule has 0 bridgehead atoms. The maximum absolute atomic E-state index is 12.4. The number of carbonyl (C=O) groups excluding carboxylic acids is 2. The molecule has 0 spiro atoms. The van der Waals surface area contributed by atoms with Crippen molar-refractivity contribution in [2.24, 2.45) is 0 Å². The minimum atomic E-state index is -3.88. The Morgan fingerprint density at radius 1 is 0.848 bits per heavy atom. The summed E-state index contributed by atoms with van der Waals surface area (Å²) in [5, 5.41) is 0. The smallest absolute Gasteiger partial charge is 0.276 e. The summed E-state index contributed by atoms with van der Waals surface area (Å²) in [5.74, 6) is 0.349. The fraction of sp³-hybridized carbons (Fsp3) is 0.333. The molecule has 180 valence electrons. The number of rotatable bonds is 12. The topological polar surface area (TPSA) is 141 Å². The zero-order chi connectivity index (χ0) is 24.3. The monoisotopic (exact) mass is 481 g/mol. The Labute approximate surface area is 192 Å². The van der Waals surface area contributed by atoms with E-state index in [9.17, 15) is 18.0 Å². The summed E-state index contributed by atoms with van der Waals surface area (Å²) >= 11 is 0. The van der Waals surface area contributed by atoms with Gasteiger partial charge in [0.1, 0.15) is 0 Å². The molecular weight excluding hydrogens is 454 g/mol. The minimum absolute atomic E-state index is 0.0432. The molecule has 12 heteroatoms. The number of nitrogens with one attached hydrogen (secondary N) is 3. The highest BCUT2D eigenvalue weighted by Crippen LogP contribution is 2.29. The molecule has 11 nitrogen and oxygen atoms in total. The lowest BCUT2D eigenvalue weighted by molar-refractivity contribution is -0.129. The van der Waals surface area contributed by atoms with Crippen LogP contribution in [0.4, 0.5) is 0 Å². The standard InChI is InChI=1S/C21H27N3O8S/c1-4-31-17-7-5-6-8-18(17)32-14-21(26)24-23-20(25)11-12-22-33(27,28)15-9-10-16(29-2)19(13-15)30-3/h5-10,13,22H,4,11-12,14H2,1-3H3,(H,23,25)(H,24,26). The Morgan fingerprint density at radius 3 is 2.12 bits per heavy atom. The number of para-hydroxylation sites is 2. The zero-order valence-electron chi connectivity index (χ0n) is 18.5. The van der Waals surface area contributed by atoms with Crippen LogP contribution in [0.2, 0.25) is 0 Å². The number of benzene rings is 2. The molecule has 0 saturated carbocycles. The molecule has 0 aliphatic heterocycles. The van der Waals surface area contributed by atoms with Gasteiger partial charge in [-0.2, -0.15) is 0 Å². The van der Waals surface area contributed by atoms with Gasteiger partial charge >= 0.3 is 0 Å². The van der Waals surface area contributed by atoms with Crippen molar-refractivity contribution in [3.8, 4) is 23.0 Å². The Morgan fingerprint density at radius 2 is 1.48 bits per heavy atom. The second kappa shape index (κ2) is 12.5. The summed E-state index contributed by atoms with van der Waals surface area (Å²) in [6, 6.07) is 11.0. The van der Waals surface area contributed by atoms with Crippen LogP contribution in [0.3, 0.4) is 0 Å². The fourth-order valence-electron chi connectivity index (χ4n) is 2.59. The summed E-state index contributed by atoms with van der Waals surface area (Å²) in [7, 11) is -1.05. The Balaban J connectivity index is 1.76. The lowest BCUT2D eigenvalue weighted by atomic mass is 10.3. The summed E-state index contributed by atoms with van der Waals surface area (Å²) < 4.78 is 48.1. The average molecular weight is 482 g/mol. The van der Waals surface area contributed by atoms with Crippen molar-refractivity contribution in [3.63, 3.8) is 0 Å². The molecule has 33 heavy (non-hydrogen) atoms. The number of sulfonamides is 1. The van der Waals surface area contributed by atoms with Crippen molar-refractivity contribution >= 4 is 21.8 Å². The van der Waals surface area contributed by atoms with Gasteiger partial charge in [0.25, 0.3) is 5.91 Å². The van der Waals surface area contributed by atoms with Gasteiger partial charge < -0.3 is 18.9 Å². The van der Waals surface area contributed by atoms with E-state index in [1.807, 2.05) is 6.92 Å². The predicted octanol–water partition coefficient (Wildman–Crippen LogP) is 0.997. The van der Waals surface area contributed by atoms with E-state index in [1.165, 1.54) is 32.4 Å². The van der Waals surface area contributed by atoms with E-state index in [2.05, 4.69) is 15.6 Å². The Hall–Kier alpha value is -3.51. The third-order valence-corrected chi connectivity index (χ3v) is 5.62. The van der Waals surface area contributed by atoms with Crippen LogP contribution in [-0.4, -0.2) is 54.2 Å². The van der Waals surface area contributed by atoms with Gasteiger partial charge in [0.15, 0.2) is 29.6 Å². The third-order valence-electron chi connectivity index (χ3n) is 4.16. The highest BCUT2D eigenvalue weighted by molar-refractivity contribution is 7.89. The van der Waals surface area contributed by atoms with E-state index >= 15 is 0 Å². The summed E-state index contributed by atoms with van der Waals surface area (Å²) in [6.07, 6.45) is -0.208. The third kappa shape index (κ3) is 7.84. The number of methoxy groups -OCH3 is 2. The molecule has 2 rings (SSSR count). The molecule has 2 aromatic carbocycles. The van der Waals surface area contributed by atoms with Gasteiger partial charge in [-0.1, -0.05) is 12.1 Å². The number of carbonyl (C=O) groups is 2. The molecule has 2 amide bonds. The second-order valence-electron chi connectivity index (χ2n) is 6.43. The molecule has 0 unspecified atom stereocenters. The Bertz CT molecular complexity index is 1060. The van der Waals surface area contributed by atoms with Crippen LogP contribution in [0.1, 0.15) is 13.3 Å². The van der Waals surface area contributed by atoms with Crippen molar-refractivity contribution in [1.82, 2.24) is 15.6 Å². The maximum Gasteiger partial charge on any atom is 0.276 e. The SMILES string of the molecule is CCOc1ccccc1OCC(=O)NNC(=O)CCNS(=O)(=O)c1ccc(OC)c(OC)c1. The maximum atomic E-state index is 12.4. The normalized spacial score (nSPS) is 10.8. The summed E-state index contributed by atoms with van der Waals surface area (Å²) in [6.45, 7) is 1.73. The van der Waals surface area contributed by atoms with Gasteiger partial charge in [-0.25, -0.2) is 13.1 Å². The molecule has 0 aliphatic rings. The lowest BCUT2D eigenvalue weighted by Crippen LogP contribution is -2.44. The van der Waals surface area contributed by atoms with Crippen molar-refractivity contribution in [2.75, 3.05) is 34.0 Å². The van der Waals surface area contributed by atoms with Crippen LogP contribution in [-0.2, 0) is 19.6 Å². The number of hydrogen-bond donors (Lipinski definition) is 3. The molecule has 0 atom stereocenters. The van der Waals surface area contributed by atoms with E-state index in [0.717, 1.165) is 0 Å². The second-order valence-corrected chi connectivity index (χ2v) is 8.20. The number of ether oxygens (including phenoxy) is 4. The molecule has 0 saturated heterocycles. The summed E-state index contributed by atoms with van der Waals surface area (Å²) in [4.78, 5) is 23.8. The van der Waals surface area contributed by atoms with E-state index in [1.54, 1.807) is 24.3 Å². The molecule has 0 radical (unpaired) electrons. The van der Waals surface area contributed by atoms with E-state index in [0.29, 0.717) is 23.9 Å². The number of hydrogen-bond acceptors (Lipinski definition) is 8. The minimum Gasteiger partial charge on any atom is -0.493 e. The first-order chi connectivity index (χ1) is 15.8.